The number of carbonyl (C=O) groups excluding carboxylic acids is 1. The van der Waals surface area contributed by atoms with Crippen LogP contribution in [0.1, 0.15) is 17.5 Å². The molecule has 0 aromatic heterocycles. The molecule has 1 fully saturated rings. The molecule has 1 atom stereocenters. The van der Waals surface area contributed by atoms with Crippen LogP contribution in [0.3, 0.4) is 0 Å². The monoisotopic (exact) mass is 380 g/mol. The van der Waals surface area contributed by atoms with Crippen molar-refractivity contribution in [3.8, 4) is 0 Å². The largest absolute Gasteiger partial charge is 0.311 e. The van der Waals surface area contributed by atoms with Crippen molar-refractivity contribution in [1.82, 2.24) is 4.72 Å². The normalized spacial score (nSPS) is 17.8. The van der Waals surface area contributed by atoms with Gasteiger partial charge < -0.3 is 4.90 Å². The Bertz CT molecular complexity index is 976. The molecule has 138 valence electrons. The Labute approximate surface area is 150 Å². The van der Waals surface area contributed by atoms with Gasteiger partial charge in [-0.05, 0) is 67.8 Å². The topological polar surface area (TPSA) is 66.5 Å². The summed E-state index contributed by atoms with van der Waals surface area (Å²) in [5.74, 6) is -1.28. The molecule has 8 heteroatoms. The molecular formula is C18H18F2N2O3S. The van der Waals surface area contributed by atoms with Gasteiger partial charge in [-0.15, -0.1) is 0 Å². The van der Waals surface area contributed by atoms with Crippen molar-refractivity contribution in [3.05, 3.63) is 59.2 Å². The molecule has 0 radical (unpaired) electrons. The molecule has 0 aliphatic carbocycles. The summed E-state index contributed by atoms with van der Waals surface area (Å²) in [6.45, 7) is 3.38. The van der Waals surface area contributed by atoms with Gasteiger partial charge in [0.15, 0.2) is 0 Å². The van der Waals surface area contributed by atoms with Crippen molar-refractivity contribution in [3.63, 3.8) is 0 Å². The van der Waals surface area contributed by atoms with Gasteiger partial charge in [-0.3, -0.25) is 4.79 Å². The highest BCUT2D eigenvalue weighted by atomic mass is 32.2. The van der Waals surface area contributed by atoms with Gasteiger partial charge in [0, 0.05) is 12.2 Å². The van der Waals surface area contributed by atoms with Crippen LogP contribution in [-0.2, 0) is 14.8 Å². The number of sulfonamides is 1. The first-order valence-corrected chi connectivity index (χ1v) is 9.53. The maximum atomic E-state index is 13.4. The van der Waals surface area contributed by atoms with E-state index in [1.807, 2.05) is 0 Å². The Morgan fingerprint density at radius 1 is 1.04 bits per heavy atom. The fourth-order valence-electron chi connectivity index (χ4n) is 2.88. The van der Waals surface area contributed by atoms with Crippen LogP contribution in [0.4, 0.5) is 14.5 Å². The highest BCUT2D eigenvalue weighted by Gasteiger charge is 2.35. The molecule has 1 aliphatic heterocycles. The number of benzene rings is 2. The van der Waals surface area contributed by atoms with Crippen LogP contribution in [0.2, 0.25) is 0 Å². The maximum Gasteiger partial charge on any atom is 0.245 e. The van der Waals surface area contributed by atoms with Crippen molar-refractivity contribution in [2.75, 3.05) is 11.4 Å². The lowest BCUT2D eigenvalue weighted by Crippen LogP contribution is -2.41. The van der Waals surface area contributed by atoms with Crippen LogP contribution in [0.15, 0.2) is 41.3 Å². The van der Waals surface area contributed by atoms with Crippen LogP contribution >= 0.6 is 0 Å². The van der Waals surface area contributed by atoms with E-state index in [-0.39, 0.29) is 22.7 Å². The molecule has 5 nitrogen and oxygen atoms in total. The van der Waals surface area contributed by atoms with E-state index in [0.29, 0.717) is 17.8 Å². The molecule has 3 rings (SSSR count). The molecular weight excluding hydrogens is 362 g/mol. The molecule has 1 aliphatic rings. The molecule has 1 saturated heterocycles. The second-order valence-corrected chi connectivity index (χ2v) is 8.01. The number of halogens is 2. The lowest BCUT2D eigenvalue weighted by molar-refractivity contribution is -0.118. The first-order chi connectivity index (χ1) is 12.2. The number of nitrogens with zero attached hydrogens (tertiary/aromatic N) is 1. The Morgan fingerprint density at radius 3 is 2.27 bits per heavy atom. The third-order valence-electron chi connectivity index (χ3n) is 4.40. The molecule has 1 amide bonds. The molecule has 0 spiro atoms. The Morgan fingerprint density at radius 2 is 1.65 bits per heavy atom. The summed E-state index contributed by atoms with van der Waals surface area (Å²) in [5, 5.41) is 0. The second kappa shape index (κ2) is 6.77. The van der Waals surface area contributed by atoms with Gasteiger partial charge in [0.2, 0.25) is 15.9 Å². The third kappa shape index (κ3) is 3.47. The maximum absolute atomic E-state index is 13.4. The first kappa shape index (κ1) is 18.5. The smallest absolute Gasteiger partial charge is 0.245 e. The number of carbonyl (C=O) groups is 1. The van der Waals surface area contributed by atoms with Crippen molar-refractivity contribution in [2.45, 2.75) is 31.2 Å². The zero-order chi connectivity index (χ0) is 19.1. The average molecular weight is 380 g/mol. The minimum absolute atomic E-state index is 0.0970. The van der Waals surface area contributed by atoms with Crippen molar-refractivity contribution in [2.24, 2.45) is 0 Å². The SMILES string of the molecule is Cc1cc(N2CC[C@@H](NS(=O)(=O)c3ccc(F)c(C)c3)C2=O)ccc1F. The van der Waals surface area contributed by atoms with E-state index >= 15 is 0 Å². The summed E-state index contributed by atoms with van der Waals surface area (Å²) in [7, 11) is -3.96. The van der Waals surface area contributed by atoms with Crippen molar-refractivity contribution >= 4 is 21.6 Å². The van der Waals surface area contributed by atoms with Crippen LogP contribution in [-0.4, -0.2) is 26.9 Å². The van der Waals surface area contributed by atoms with Gasteiger partial charge in [-0.1, -0.05) is 0 Å². The van der Waals surface area contributed by atoms with E-state index < -0.39 is 27.8 Å². The molecule has 1 N–H and O–H groups in total. The summed E-state index contributed by atoms with van der Waals surface area (Å²) in [6, 6.07) is 6.85. The Kier molecular flexibility index (Phi) is 4.81. The lowest BCUT2D eigenvalue weighted by Gasteiger charge is -2.18. The third-order valence-corrected chi connectivity index (χ3v) is 5.87. The molecule has 0 bridgehead atoms. The predicted octanol–water partition coefficient (Wildman–Crippen LogP) is 2.67. The zero-order valence-corrected chi connectivity index (χ0v) is 15.1. The summed E-state index contributed by atoms with van der Waals surface area (Å²) < 4.78 is 54.1. The summed E-state index contributed by atoms with van der Waals surface area (Å²) >= 11 is 0. The fourth-order valence-corrected chi connectivity index (χ4v) is 4.19. The van der Waals surface area contributed by atoms with Crippen LogP contribution < -0.4 is 9.62 Å². The molecule has 0 unspecified atom stereocenters. The Balaban J connectivity index is 1.79. The summed E-state index contributed by atoms with van der Waals surface area (Å²) in [5.41, 5.74) is 1.13. The lowest BCUT2D eigenvalue weighted by atomic mass is 10.2. The van der Waals surface area contributed by atoms with Crippen molar-refractivity contribution in [1.29, 1.82) is 0 Å². The Hall–Kier alpha value is -2.32. The van der Waals surface area contributed by atoms with Gasteiger partial charge in [0.25, 0.3) is 0 Å². The minimum atomic E-state index is -3.96. The number of hydrogen-bond acceptors (Lipinski definition) is 3. The summed E-state index contributed by atoms with van der Waals surface area (Å²) in [4.78, 5) is 13.9. The number of aryl methyl sites for hydroxylation is 2. The number of anilines is 1. The quantitative estimate of drug-likeness (QED) is 0.887. The van der Waals surface area contributed by atoms with E-state index in [4.69, 9.17) is 0 Å². The van der Waals surface area contributed by atoms with Crippen molar-refractivity contribution < 1.29 is 22.0 Å². The second-order valence-electron chi connectivity index (χ2n) is 6.30. The van der Waals surface area contributed by atoms with E-state index in [9.17, 15) is 22.0 Å². The number of rotatable bonds is 4. The van der Waals surface area contributed by atoms with E-state index in [0.717, 1.165) is 12.1 Å². The number of amides is 1. The van der Waals surface area contributed by atoms with Gasteiger partial charge in [-0.2, -0.15) is 4.72 Å². The van der Waals surface area contributed by atoms with E-state index in [2.05, 4.69) is 4.72 Å². The standard InChI is InChI=1S/C18H18F2N2O3S/c1-11-9-13(3-5-15(11)19)22-8-7-17(18(22)23)21-26(24,25)14-4-6-16(20)12(2)10-14/h3-6,9-10,17,21H,7-8H2,1-2H3/t17-/m1/s1. The minimum Gasteiger partial charge on any atom is -0.311 e. The van der Waals surface area contributed by atoms with Crippen LogP contribution in [0, 0.1) is 25.5 Å². The highest BCUT2D eigenvalue weighted by Crippen LogP contribution is 2.25. The van der Waals surface area contributed by atoms with Gasteiger partial charge in [-0.25, -0.2) is 17.2 Å². The molecule has 2 aromatic rings. The molecule has 1 heterocycles. The highest BCUT2D eigenvalue weighted by molar-refractivity contribution is 7.89. The van der Waals surface area contributed by atoms with E-state index in [1.165, 1.54) is 30.0 Å². The first-order valence-electron chi connectivity index (χ1n) is 8.05. The zero-order valence-electron chi connectivity index (χ0n) is 14.3. The number of nitrogens with one attached hydrogen (secondary N) is 1. The van der Waals surface area contributed by atoms with Crippen LogP contribution in [0.5, 0.6) is 0 Å². The van der Waals surface area contributed by atoms with Gasteiger partial charge in [0.05, 0.1) is 4.90 Å². The molecule has 2 aromatic carbocycles. The molecule has 0 saturated carbocycles. The van der Waals surface area contributed by atoms with E-state index in [1.54, 1.807) is 13.0 Å². The number of hydrogen-bond donors (Lipinski definition) is 1. The molecule has 26 heavy (non-hydrogen) atoms. The van der Waals surface area contributed by atoms with Crippen LogP contribution in [0.25, 0.3) is 0 Å². The summed E-state index contributed by atoms with van der Waals surface area (Å²) in [6.07, 6.45) is 0.286. The average Bonchev–Trinajstić information content (AvgIpc) is 2.93. The van der Waals surface area contributed by atoms with Gasteiger partial charge >= 0.3 is 0 Å². The fraction of sp³-hybridized carbons (Fsp3) is 0.278. The predicted molar refractivity (Wildman–Crippen MR) is 93.4 cm³/mol. The van der Waals surface area contributed by atoms with Gasteiger partial charge in [0.1, 0.15) is 17.7 Å².